The summed E-state index contributed by atoms with van der Waals surface area (Å²) in [5.41, 5.74) is 0. The molecule has 3 rings (SSSR count). The summed E-state index contributed by atoms with van der Waals surface area (Å²) in [5.74, 6) is 2.84. The minimum absolute atomic E-state index is 0. The molecule has 2 aromatic rings. The van der Waals surface area contributed by atoms with Crippen LogP contribution in [0.3, 0.4) is 0 Å². The SMILES string of the molecule is CN=C(NCCSc1ccccc1)NCCC(=O)N1CCN(c2ccccn2)CC1.I. The number of guanidine groups is 1. The van der Waals surface area contributed by atoms with Gasteiger partial charge in [0.25, 0.3) is 0 Å². The molecule has 1 aliphatic heterocycles. The van der Waals surface area contributed by atoms with Gasteiger partial charge in [0.15, 0.2) is 5.96 Å². The zero-order valence-corrected chi connectivity index (χ0v) is 21.0. The van der Waals surface area contributed by atoms with E-state index in [1.165, 1.54) is 4.90 Å². The van der Waals surface area contributed by atoms with Gasteiger partial charge in [-0.15, -0.1) is 35.7 Å². The van der Waals surface area contributed by atoms with Gasteiger partial charge in [0.2, 0.25) is 5.91 Å². The number of amides is 1. The van der Waals surface area contributed by atoms with Crippen molar-refractivity contribution >= 4 is 53.4 Å². The Hall–Kier alpha value is -2.01. The number of carbonyl (C=O) groups is 1. The molecule has 0 unspecified atom stereocenters. The summed E-state index contributed by atoms with van der Waals surface area (Å²) >= 11 is 1.80. The van der Waals surface area contributed by atoms with Crippen molar-refractivity contribution in [3.63, 3.8) is 0 Å². The van der Waals surface area contributed by atoms with Gasteiger partial charge in [-0.2, -0.15) is 0 Å². The van der Waals surface area contributed by atoms with Gasteiger partial charge in [-0.25, -0.2) is 4.98 Å². The number of hydrogen-bond donors (Lipinski definition) is 2. The van der Waals surface area contributed by atoms with E-state index in [1.807, 2.05) is 41.3 Å². The molecule has 2 N–H and O–H groups in total. The van der Waals surface area contributed by atoms with E-state index >= 15 is 0 Å². The van der Waals surface area contributed by atoms with Crippen LogP contribution in [0.25, 0.3) is 0 Å². The van der Waals surface area contributed by atoms with Gasteiger partial charge < -0.3 is 20.4 Å². The first-order valence-corrected chi connectivity index (χ1v) is 11.3. The van der Waals surface area contributed by atoms with Crippen LogP contribution < -0.4 is 15.5 Å². The van der Waals surface area contributed by atoms with Crippen LogP contribution in [-0.2, 0) is 4.79 Å². The summed E-state index contributed by atoms with van der Waals surface area (Å²) in [6.07, 6.45) is 2.27. The molecule has 1 aromatic heterocycles. The number of piperazine rings is 1. The number of aromatic nitrogens is 1. The third-order valence-electron chi connectivity index (χ3n) is 4.87. The number of carbonyl (C=O) groups excluding carboxylic acids is 1. The van der Waals surface area contributed by atoms with Crippen molar-refractivity contribution in [2.75, 3.05) is 57.0 Å². The van der Waals surface area contributed by atoms with E-state index in [9.17, 15) is 4.79 Å². The molecule has 1 aromatic carbocycles. The highest BCUT2D eigenvalue weighted by atomic mass is 127. The van der Waals surface area contributed by atoms with Gasteiger partial charge >= 0.3 is 0 Å². The average molecular weight is 555 g/mol. The Kier molecular flexibility index (Phi) is 11.5. The van der Waals surface area contributed by atoms with Gasteiger partial charge in [-0.3, -0.25) is 9.79 Å². The van der Waals surface area contributed by atoms with E-state index < -0.39 is 0 Å². The van der Waals surface area contributed by atoms with Gasteiger partial charge in [0, 0.05) is 69.6 Å². The lowest BCUT2D eigenvalue weighted by molar-refractivity contribution is -0.131. The molecule has 0 saturated carbocycles. The molecule has 1 fully saturated rings. The summed E-state index contributed by atoms with van der Waals surface area (Å²) in [5, 5.41) is 6.53. The monoisotopic (exact) mass is 554 g/mol. The predicted octanol–water partition coefficient (Wildman–Crippen LogP) is 2.70. The van der Waals surface area contributed by atoms with Crippen molar-refractivity contribution in [2.45, 2.75) is 11.3 Å². The summed E-state index contributed by atoms with van der Waals surface area (Å²) in [4.78, 5) is 26.6. The van der Waals surface area contributed by atoms with Crippen molar-refractivity contribution in [1.82, 2.24) is 20.5 Å². The third kappa shape index (κ3) is 8.56. The maximum atomic E-state index is 12.5. The average Bonchev–Trinajstić information content (AvgIpc) is 2.82. The van der Waals surface area contributed by atoms with Gasteiger partial charge in [0.1, 0.15) is 5.82 Å². The first-order valence-electron chi connectivity index (χ1n) is 10.3. The minimum Gasteiger partial charge on any atom is -0.356 e. The number of hydrogen-bond acceptors (Lipinski definition) is 5. The summed E-state index contributed by atoms with van der Waals surface area (Å²) in [6, 6.07) is 16.3. The second-order valence-corrected chi connectivity index (χ2v) is 8.06. The normalized spacial score (nSPS) is 14.0. The second-order valence-electron chi connectivity index (χ2n) is 6.89. The lowest BCUT2D eigenvalue weighted by Crippen LogP contribution is -2.49. The molecular formula is C22H31IN6OS. The van der Waals surface area contributed by atoms with Crippen LogP contribution in [0.4, 0.5) is 5.82 Å². The number of thioether (sulfide) groups is 1. The number of nitrogens with zero attached hydrogens (tertiary/aromatic N) is 4. The van der Waals surface area contributed by atoms with E-state index in [0.717, 1.165) is 50.3 Å². The second kappa shape index (κ2) is 14.1. The molecule has 168 valence electrons. The Labute approximate surface area is 206 Å². The molecule has 0 radical (unpaired) electrons. The van der Waals surface area contributed by atoms with E-state index in [-0.39, 0.29) is 29.9 Å². The third-order valence-corrected chi connectivity index (χ3v) is 5.88. The maximum Gasteiger partial charge on any atom is 0.224 e. The predicted molar refractivity (Wildman–Crippen MR) is 140 cm³/mol. The van der Waals surface area contributed by atoms with Crippen LogP contribution in [-0.4, -0.2) is 73.8 Å². The standard InChI is InChI=1S/C22H30N6OS.HI/c1-23-22(26-13-18-30-19-7-3-2-4-8-19)25-12-10-21(29)28-16-14-27(15-17-28)20-9-5-6-11-24-20;/h2-9,11H,10,12-18H2,1H3,(H2,23,25,26);1H. The molecule has 1 saturated heterocycles. The number of halogens is 1. The Balaban J connectivity index is 0.00000341. The fourth-order valence-electron chi connectivity index (χ4n) is 3.25. The van der Waals surface area contributed by atoms with Gasteiger partial charge in [-0.05, 0) is 24.3 Å². The highest BCUT2D eigenvalue weighted by molar-refractivity contribution is 14.0. The summed E-state index contributed by atoms with van der Waals surface area (Å²) in [6.45, 7) is 4.49. The molecule has 0 spiro atoms. The van der Waals surface area contributed by atoms with Crippen molar-refractivity contribution in [3.05, 3.63) is 54.7 Å². The fraction of sp³-hybridized carbons (Fsp3) is 0.409. The molecular weight excluding hydrogens is 523 g/mol. The van der Waals surface area contributed by atoms with Crippen molar-refractivity contribution in [3.8, 4) is 0 Å². The number of pyridine rings is 1. The van der Waals surface area contributed by atoms with Crippen LogP contribution in [0.5, 0.6) is 0 Å². The zero-order chi connectivity index (χ0) is 21.0. The number of anilines is 1. The Morgan fingerprint density at radius 3 is 2.42 bits per heavy atom. The maximum absolute atomic E-state index is 12.5. The first-order chi connectivity index (χ1) is 14.8. The molecule has 0 bridgehead atoms. The van der Waals surface area contributed by atoms with Gasteiger partial charge in [-0.1, -0.05) is 24.3 Å². The highest BCUT2D eigenvalue weighted by Gasteiger charge is 2.21. The zero-order valence-electron chi connectivity index (χ0n) is 17.9. The van der Waals surface area contributed by atoms with Crippen molar-refractivity contribution in [2.24, 2.45) is 4.99 Å². The molecule has 2 heterocycles. The summed E-state index contributed by atoms with van der Waals surface area (Å²) in [7, 11) is 1.75. The topological polar surface area (TPSA) is 72.9 Å². The Morgan fingerprint density at radius 1 is 1.03 bits per heavy atom. The van der Waals surface area contributed by atoms with Crippen LogP contribution >= 0.6 is 35.7 Å². The molecule has 31 heavy (non-hydrogen) atoms. The number of rotatable bonds is 8. The fourth-order valence-corrected chi connectivity index (χ4v) is 4.04. The smallest absolute Gasteiger partial charge is 0.224 e. The van der Waals surface area contributed by atoms with Crippen molar-refractivity contribution < 1.29 is 4.79 Å². The quantitative estimate of drug-likeness (QED) is 0.172. The Morgan fingerprint density at radius 2 is 1.74 bits per heavy atom. The van der Waals surface area contributed by atoms with E-state index in [2.05, 4.69) is 37.6 Å². The van der Waals surface area contributed by atoms with Gasteiger partial charge in [0.05, 0.1) is 0 Å². The van der Waals surface area contributed by atoms with Crippen LogP contribution in [0.2, 0.25) is 0 Å². The molecule has 0 atom stereocenters. The number of nitrogens with one attached hydrogen (secondary N) is 2. The molecule has 1 amide bonds. The molecule has 0 aliphatic carbocycles. The largest absolute Gasteiger partial charge is 0.356 e. The van der Waals surface area contributed by atoms with E-state index in [4.69, 9.17) is 0 Å². The van der Waals surface area contributed by atoms with Crippen LogP contribution in [0, 0.1) is 0 Å². The lowest BCUT2D eigenvalue weighted by Gasteiger charge is -2.35. The summed E-state index contributed by atoms with van der Waals surface area (Å²) < 4.78 is 0. The van der Waals surface area contributed by atoms with Crippen LogP contribution in [0.15, 0.2) is 64.6 Å². The van der Waals surface area contributed by atoms with E-state index in [1.54, 1.807) is 25.0 Å². The number of aliphatic imine (C=N–C) groups is 1. The first kappa shape index (κ1) is 25.3. The lowest BCUT2D eigenvalue weighted by atomic mass is 10.2. The molecule has 7 nitrogen and oxygen atoms in total. The highest BCUT2D eigenvalue weighted by Crippen LogP contribution is 2.15. The Bertz CT molecular complexity index is 800. The molecule has 9 heteroatoms. The molecule has 1 aliphatic rings. The van der Waals surface area contributed by atoms with Crippen molar-refractivity contribution in [1.29, 1.82) is 0 Å². The van der Waals surface area contributed by atoms with E-state index in [0.29, 0.717) is 13.0 Å². The number of benzene rings is 1. The minimum atomic E-state index is 0. The van der Waals surface area contributed by atoms with Crippen LogP contribution in [0.1, 0.15) is 6.42 Å².